The lowest BCUT2D eigenvalue weighted by molar-refractivity contribution is -0.118. The summed E-state index contributed by atoms with van der Waals surface area (Å²) in [6.07, 6.45) is 1.62. The SMILES string of the molecule is CC(C)n1cnc2nc(CSc3ccccc3NC(=O)COc3ccccc3)cc(=O)n21. The van der Waals surface area contributed by atoms with E-state index in [-0.39, 0.29) is 24.1 Å². The maximum absolute atomic E-state index is 12.6. The minimum absolute atomic E-state index is 0.0868. The first-order valence-corrected chi connectivity index (χ1v) is 11.1. The van der Waals surface area contributed by atoms with Gasteiger partial charge in [-0.05, 0) is 38.1 Å². The first kappa shape index (κ1) is 21.6. The van der Waals surface area contributed by atoms with Gasteiger partial charge in [-0.2, -0.15) is 9.50 Å². The molecule has 0 fully saturated rings. The molecule has 4 aromatic rings. The monoisotopic (exact) mass is 449 g/mol. The van der Waals surface area contributed by atoms with E-state index in [4.69, 9.17) is 4.74 Å². The van der Waals surface area contributed by atoms with Gasteiger partial charge in [-0.3, -0.25) is 14.3 Å². The standard InChI is InChI=1S/C23H23N5O3S/c1-16(2)27-15-24-23-25-17(12-22(30)28(23)27)14-32-20-11-7-6-10-19(20)26-21(29)13-31-18-8-4-3-5-9-18/h3-12,15-16H,13-14H2,1-2H3,(H,26,29). The lowest BCUT2D eigenvalue weighted by atomic mass is 10.3. The normalized spacial score (nSPS) is 11.1. The Kier molecular flexibility index (Phi) is 6.55. The number of benzene rings is 2. The summed E-state index contributed by atoms with van der Waals surface area (Å²) in [6.45, 7) is 3.87. The van der Waals surface area contributed by atoms with Crippen LogP contribution in [0.5, 0.6) is 5.75 Å². The largest absolute Gasteiger partial charge is 0.484 e. The number of aromatic nitrogens is 4. The lowest BCUT2D eigenvalue weighted by Gasteiger charge is -2.12. The van der Waals surface area contributed by atoms with Gasteiger partial charge in [-0.1, -0.05) is 30.3 Å². The Bertz CT molecular complexity index is 1280. The van der Waals surface area contributed by atoms with E-state index in [9.17, 15) is 9.59 Å². The van der Waals surface area contributed by atoms with Crippen molar-refractivity contribution in [2.24, 2.45) is 0 Å². The minimum atomic E-state index is -0.251. The quantitative estimate of drug-likeness (QED) is 0.412. The minimum Gasteiger partial charge on any atom is -0.484 e. The lowest BCUT2D eigenvalue weighted by Crippen LogP contribution is -2.22. The molecule has 0 bridgehead atoms. The van der Waals surface area contributed by atoms with Gasteiger partial charge in [0.05, 0.1) is 11.4 Å². The van der Waals surface area contributed by atoms with Crippen LogP contribution in [0.25, 0.3) is 5.78 Å². The van der Waals surface area contributed by atoms with Crippen molar-refractivity contribution in [1.82, 2.24) is 19.2 Å². The van der Waals surface area contributed by atoms with E-state index in [1.807, 2.05) is 56.3 Å². The highest BCUT2D eigenvalue weighted by molar-refractivity contribution is 7.98. The molecule has 0 saturated heterocycles. The van der Waals surface area contributed by atoms with Crippen molar-refractivity contribution in [3.63, 3.8) is 0 Å². The number of para-hydroxylation sites is 2. The fourth-order valence-electron chi connectivity index (χ4n) is 3.11. The van der Waals surface area contributed by atoms with E-state index < -0.39 is 0 Å². The van der Waals surface area contributed by atoms with E-state index in [0.29, 0.717) is 28.7 Å². The van der Waals surface area contributed by atoms with Crippen molar-refractivity contribution in [3.8, 4) is 5.75 Å². The number of nitrogens with zero attached hydrogens (tertiary/aromatic N) is 4. The van der Waals surface area contributed by atoms with Crippen LogP contribution in [0.1, 0.15) is 25.6 Å². The van der Waals surface area contributed by atoms with Gasteiger partial charge in [0.15, 0.2) is 6.61 Å². The first-order valence-electron chi connectivity index (χ1n) is 10.2. The molecular weight excluding hydrogens is 426 g/mol. The summed E-state index contributed by atoms with van der Waals surface area (Å²) in [6, 6.07) is 18.3. The molecular formula is C23H23N5O3S. The third-order valence-electron chi connectivity index (χ3n) is 4.63. The van der Waals surface area contributed by atoms with E-state index in [1.165, 1.54) is 22.3 Å². The van der Waals surface area contributed by atoms with Crippen molar-refractivity contribution in [1.29, 1.82) is 0 Å². The van der Waals surface area contributed by atoms with Gasteiger partial charge < -0.3 is 10.1 Å². The van der Waals surface area contributed by atoms with Gasteiger partial charge in [0.1, 0.15) is 12.1 Å². The third-order valence-corrected chi connectivity index (χ3v) is 5.74. The van der Waals surface area contributed by atoms with Crippen LogP contribution in [-0.2, 0) is 10.5 Å². The number of fused-ring (bicyclic) bond motifs is 1. The topological polar surface area (TPSA) is 90.5 Å². The second-order valence-electron chi connectivity index (χ2n) is 7.35. The average Bonchev–Trinajstić information content (AvgIpc) is 3.23. The summed E-state index contributed by atoms with van der Waals surface area (Å²) in [5, 5.41) is 2.89. The van der Waals surface area contributed by atoms with Crippen molar-refractivity contribution in [2.75, 3.05) is 11.9 Å². The van der Waals surface area contributed by atoms with Gasteiger partial charge in [-0.15, -0.1) is 11.8 Å². The van der Waals surface area contributed by atoms with Crippen molar-refractivity contribution >= 4 is 29.1 Å². The molecule has 164 valence electrons. The molecule has 32 heavy (non-hydrogen) atoms. The van der Waals surface area contributed by atoms with Gasteiger partial charge in [-0.25, -0.2) is 4.98 Å². The van der Waals surface area contributed by atoms with Gasteiger partial charge in [0.2, 0.25) is 0 Å². The van der Waals surface area contributed by atoms with Crippen molar-refractivity contribution in [3.05, 3.63) is 83.0 Å². The average molecular weight is 450 g/mol. The predicted molar refractivity (Wildman–Crippen MR) is 124 cm³/mol. The zero-order valence-electron chi connectivity index (χ0n) is 17.8. The Morgan fingerprint density at radius 3 is 2.66 bits per heavy atom. The van der Waals surface area contributed by atoms with Crippen molar-refractivity contribution in [2.45, 2.75) is 30.5 Å². The molecule has 1 N–H and O–H groups in total. The molecule has 0 aliphatic rings. The second kappa shape index (κ2) is 9.69. The number of carbonyl (C=O) groups excluding carboxylic acids is 1. The highest BCUT2D eigenvalue weighted by atomic mass is 32.2. The first-order chi connectivity index (χ1) is 15.5. The summed E-state index contributed by atoms with van der Waals surface area (Å²) >= 11 is 1.49. The number of carbonyl (C=O) groups is 1. The number of hydrogen-bond donors (Lipinski definition) is 1. The van der Waals surface area contributed by atoms with Gasteiger partial charge in [0.25, 0.3) is 17.2 Å². The highest BCUT2D eigenvalue weighted by Crippen LogP contribution is 2.29. The van der Waals surface area contributed by atoms with Gasteiger partial charge >= 0.3 is 0 Å². The Morgan fingerprint density at radius 1 is 1.12 bits per heavy atom. The predicted octanol–water partition coefficient (Wildman–Crippen LogP) is 3.78. The molecule has 0 saturated carbocycles. The summed E-state index contributed by atoms with van der Waals surface area (Å²) in [5.41, 5.74) is 1.14. The van der Waals surface area contributed by atoms with Crippen LogP contribution in [-0.4, -0.2) is 31.7 Å². The van der Waals surface area contributed by atoms with Crippen LogP contribution in [0.3, 0.4) is 0 Å². The molecule has 0 aliphatic heterocycles. The Balaban J connectivity index is 1.43. The summed E-state index contributed by atoms with van der Waals surface area (Å²) in [5.74, 6) is 1.23. The zero-order chi connectivity index (χ0) is 22.5. The Morgan fingerprint density at radius 2 is 1.88 bits per heavy atom. The van der Waals surface area contributed by atoms with Crippen LogP contribution in [0.15, 0.2) is 76.7 Å². The van der Waals surface area contributed by atoms with E-state index in [1.54, 1.807) is 23.1 Å². The number of nitrogens with one attached hydrogen (secondary N) is 1. The van der Waals surface area contributed by atoms with E-state index >= 15 is 0 Å². The van der Waals surface area contributed by atoms with Crippen LogP contribution < -0.4 is 15.6 Å². The maximum Gasteiger partial charge on any atom is 0.274 e. The molecule has 0 radical (unpaired) electrons. The number of rotatable bonds is 8. The number of hydrogen-bond acceptors (Lipinski definition) is 6. The maximum atomic E-state index is 12.6. The third kappa shape index (κ3) is 5.00. The summed E-state index contributed by atoms with van der Waals surface area (Å²) in [7, 11) is 0. The van der Waals surface area contributed by atoms with E-state index in [0.717, 1.165) is 4.90 Å². The Hall–Kier alpha value is -3.59. The fourth-order valence-corrected chi connectivity index (χ4v) is 4.01. The molecule has 8 nitrogen and oxygen atoms in total. The second-order valence-corrected chi connectivity index (χ2v) is 8.37. The number of anilines is 1. The van der Waals surface area contributed by atoms with Crippen LogP contribution in [0, 0.1) is 0 Å². The molecule has 9 heteroatoms. The smallest absolute Gasteiger partial charge is 0.274 e. The molecule has 0 unspecified atom stereocenters. The molecule has 4 rings (SSSR count). The van der Waals surface area contributed by atoms with Crippen LogP contribution >= 0.6 is 11.8 Å². The van der Waals surface area contributed by atoms with Crippen molar-refractivity contribution < 1.29 is 9.53 Å². The molecule has 2 heterocycles. The number of thioether (sulfide) groups is 1. The van der Waals surface area contributed by atoms with Crippen LogP contribution in [0.4, 0.5) is 5.69 Å². The molecule has 1 amide bonds. The van der Waals surface area contributed by atoms with Gasteiger partial charge in [0, 0.05) is 22.8 Å². The summed E-state index contributed by atoms with van der Waals surface area (Å²) in [4.78, 5) is 34.6. The number of amides is 1. The Labute approximate surface area is 189 Å². The molecule has 0 atom stereocenters. The van der Waals surface area contributed by atoms with Crippen LogP contribution in [0.2, 0.25) is 0 Å². The highest BCUT2D eigenvalue weighted by Gasteiger charge is 2.12. The molecule has 0 aliphatic carbocycles. The molecule has 2 aromatic heterocycles. The molecule has 2 aromatic carbocycles. The fraction of sp³-hybridized carbons (Fsp3) is 0.217. The molecule has 0 spiro atoms. The van der Waals surface area contributed by atoms with E-state index in [2.05, 4.69) is 15.3 Å². The summed E-state index contributed by atoms with van der Waals surface area (Å²) < 4.78 is 8.73. The number of ether oxygens (including phenoxy) is 1. The zero-order valence-corrected chi connectivity index (χ0v) is 18.6.